The van der Waals surface area contributed by atoms with Crippen LogP contribution in [0.25, 0.3) is 0 Å². The van der Waals surface area contributed by atoms with Gasteiger partial charge in [-0.05, 0) is 35.7 Å². The molecule has 0 unspecified atom stereocenters. The smallest absolute Gasteiger partial charge is 0.242 e. The first-order valence-corrected chi connectivity index (χ1v) is 9.12. The van der Waals surface area contributed by atoms with E-state index in [-0.39, 0.29) is 16.7 Å². The lowest BCUT2D eigenvalue weighted by Crippen LogP contribution is -2.22. The zero-order valence-corrected chi connectivity index (χ0v) is 14.9. The van der Waals surface area contributed by atoms with Crippen molar-refractivity contribution in [3.05, 3.63) is 60.2 Å². The first kappa shape index (κ1) is 18.2. The number of rotatable bonds is 6. The molecule has 2 aromatic carbocycles. The van der Waals surface area contributed by atoms with E-state index in [2.05, 4.69) is 5.32 Å². The van der Waals surface area contributed by atoms with E-state index in [4.69, 9.17) is 0 Å². The molecule has 0 aliphatic carbocycles. The number of carbonyl (C=O) groups excluding carboxylic acids is 1. The Balaban J connectivity index is 2.00. The van der Waals surface area contributed by atoms with E-state index in [1.54, 1.807) is 12.1 Å². The van der Waals surface area contributed by atoms with Crippen molar-refractivity contribution in [2.75, 3.05) is 19.4 Å². The summed E-state index contributed by atoms with van der Waals surface area (Å²) >= 11 is 0. The zero-order chi connectivity index (χ0) is 17.7. The Bertz CT molecular complexity index is 785. The van der Waals surface area contributed by atoms with Crippen LogP contribution in [-0.2, 0) is 14.8 Å². The van der Waals surface area contributed by atoms with Gasteiger partial charge < -0.3 is 5.32 Å². The summed E-state index contributed by atoms with van der Waals surface area (Å²) < 4.78 is 25.2. The molecule has 0 aliphatic heterocycles. The van der Waals surface area contributed by atoms with Crippen LogP contribution in [0.15, 0.2) is 59.5 Å². The number of anilines is 1. The lowest BCUT2D eigenvalue weighted by molar-refractivity contribution is -0.116. The Kier molecular flexibility index (Phi) is 5.75. The Hall–Kier alpha value is -2.18. The molecule has 6 heteroatoms. The van der Waals surface area contributed by atoms with Gasteiger partial charge in [-0.15, -0.1) is 0 Å². The van der Waals surface area contributed by atoms with Crippen molar-refractivity contribution in [1.29, 1.82) is 0 Å². The summed E-state index contributed by atoms with van der Waals surface area (Å²) in [5.74, 6) is 0.00848. The van der Waals surface area contributed by atoms with Crippen LogP contribution in [-0.4, -0.2) is 32.7 Å². The Morgan fingerprint density at radius 3 is 2.17 bits per heavy atom. The summed E-state index contributed by atoms with van der Waals surface area (Å²) in [5.41, 5.74) is 1.69. The molecule has 0 radical (unpaired) electrons. The summed E-state index contributed by atoms with van der Waals surface area (Å²) in [6.07, 6.45) is 0.363. The summed E-state index contributed by atoms with van der Waals surface area (Å²) in [5, 5.41) is 2.80. The molecule has 0 saturated heterocycles. The molecule has 1 N–H and O–H groups in total. The van der Waals surface area contributed by atoms with E-state index < -0.39 is 10.0 Å². The van der Waals surface area contributed by atoms with Gasteiger partial charge in [-0.1, -0.05) is 37.3 Å². The van der Waals surface area contributed by atoms with Crippen molar-refractivity contribution in [2.24, 2.45) is 0 Å². The summed E-state index contributed by atoms with van der Waals surface area (Å²) in [7, 11) is -0.492. The minimum absolute atomic E-state index is 0.102. The first-order valence-electron chi connectivity index (χ1n) is 7.68. The van der Waals surface area contributed by atoms with Crippen LogP contribution in [0, 0.1) is 0 Å². The van der Waals surface area contributed by atoms with Gasteiger partial charge in [0.2, 0.25) is 15.9 Å². The number of carbonyl (C=O) groups is 1. The minimum Gasteiger partial charge on any atom is -0.326 e. The molecule has 128 valence electrons. The average Bonchev–Trinajstić information content (AvgIpc) is 2.56. The van der Waals surface area contributed by atoms with Gasteiger partial charge in [-0.3, -0.25) is 4.79 Å². The first-order chi connectivity index (χ1) is 11.3. The molecule has 5 nitrogen and oxygen atoms in total. The molecule has 1 atom stereocenters. The molecule has 2 aromatic rings. The Morgan fingerprint density at radius 1 is 1.04 bits per heavy atom. The van der Waals surface area contributed by atoms with Crippen LogP contribution >= 0.6 is 0 Å². The number of nitrogens with zero attached hydrogens (tertiary/aromatic N) is 1. The van der Waals surface area contributed by atoms with Crippen LogP contribution in [0.4, 0.5) is 5.69 Å². The Morgan fingerprint density at radius 2 is 1.62 bits per heavy atom. The second kappa shape index (κ2) is 7.59. The summed E-state index contributed by atoms with van der Waals surface area (Å²) in [6, 6.07) is 16.0. The van der Waals surface area contributed by atoms with Crippen molar-refractivity contribution >= 4 is 21.6 Å². The molecule has 0 bridgehead atoms. The van der Waals surface area contributed by atoms with Crippen molar-refractivity contribution in [3.8, 4) is 0 Å². The van der Waals surface area contributed by atoms with Gasteiger partial charge in [-0.25, -0.2) is 12.7 Å². The van der Waals surface area contributed by atoms with Crippen LogP contribution in [0.5, 0.6) is 0 Å². The average molecular weight is 346 g/mol. The van der Waals surface area contributed by atoms with Gasteiger partial charge in [0, 0.05) is 26.2 Å². The molecule has 0 spiro atoms. The van der Waals surface area contributed by atoms with E-state index in [1.165, 1.54) is 26.2 Å². The number of hydrogen-bond acceptors (Lipinski definition) is 3. The second-order valence-electron chi connectivity index (χ2n) is 5.88. The number of hydrogen-bond donors (Lipinski definition) is 1. The highest BCUT2D eigenvalue weighted by Gasteiger charge is 2.17. The van der Waals surface area contributed by atoms with Crippen LogP contribution in [0.3, 0.4) is 0 Å². The van der Waals surface area contributed by atoms with Gasteiger partial charge in [0.05, 0.1) is 4.90 Å². The lowest BCUT2D eigenvalue weighted by Gasteiger charge is -2.13. The highest BCUT2D eigenvalue weighted by molar-refractivity contribution is 7.89. The highest BCUT2D eigenvalue weighted by Crippen LogP contribution is 2.20. The SMILES string of the molecule is C[C@H](CC(=O)Nc1ccc(S(=O)(=O)N(C)C)cc1)c1ccccc1. The maximum Gasteiger partial charge on any atom is 0.242 e. The number of benzene rings is 2. The lowest BCUT2D eigenvalue weighted by atomic mass is 9.97. The fraction of sp³-hybridized carbons (Fsp3) is 0.278. The molecule has 2 rings (SSSR count). The van der Waals surface area contributed by atoms with Gasteiger partial charge in [-0.2, -0.15) is 0 Å². The monoisotopic (exact) mass is 346 g/mol. The van der Waals surface area contributed by atoms with Crippen molar-refractivity contribution in [3.63, 3.8) is 0 Å². The zero-order valence-electron chi connectivity index (χ0n) is 14.1. The standard InChI is InChI=1S/C18H22N2O3S/c1-14(15-7-5-4-6-8-15)13-18(21)19-16-9-11-17(12-10-16)24(22,23)20(2)3/h4-12,14H,13H2,1-3H3,(H,19,21)/t14-/m1/s1. The molecule has 0 heterocycles. The van der Waals surface area contributed by atoms with Gasteiger partial charge in [0.1, 0.15) is 0 Å². The molecule has 0 fully saturated rings. The molecular weight excluding hydrogens is 324 g/mol. The van der Waals surface area contributed by atoms with Gasteiger partial charge in [0.15, 0.2) is 0 Å². The molecule has 1 amide bonds. The van der Waals surface area contributed by atoms with E-state index in [9.17, 15) is 13.2 Å². The largest absolute Gasteiger partial charge is 0.326 e. The molecule has 0 aromatic heterocycles. The van der Waals surface area contributed by atoms with E-state index in [0.717, 1.165) is 9.87 Å². The molecule has 0 saturated carbocycles. The van der Waals surface area contributed by atoms with Crippen molar-refractivity contribution in [1.82, 2.24) is 4.31 Å². The molecule has 0 aliphatic rings. The maximum atomic E-state index is 12.1. The fourth-order valence-electron chi connectivity index (χ4n) is 2.31. The third kappa shape index (κ3) is 4.43. The predicted octanol–water partition coefficient (Wildman–Crippen LogP) is 3.07. The van der Waals surface area contributed by atoms with E-state index in [1.807, 2.05) is 37.3 Å². The third-order valence-electron chi connectivity index (χ3n) is 3.78. The maximum absolute atomic E-state index is 12.1. The number of nitrogens with one attached hydrogen (secondary N) is 1. The van der Waals surface area contributed by atoms with Crippen molar-refractivity contribution in [2.45, 2.75) is 24.2 Å². The van der Waals surface area contributed by atoms with Crippen LogP contribution < -0.4 is 5.32 Å². The van der Waals surface area contributed by atoms with Crippen molar-refractivity contribution < 1.29 is 13.2 Å². The fourth-order valence-corrected chi connectivity index (χ4v) is 3.21. The minimum atomic E-state index is -3.46. The van der Waals surface area contributed by atoms with Gasteiger partial charge in [0.25, 0.3) is 0 Å². The normalized spacial score (nSPS) is 12.8. The van der Waals surface area contributed by atoms with Crippen LogP contribution in [0.2, 0.25) is 0 Å². The number of sulfonamides is 1. The van der Waals surface area contributed by atoms with E-state index >= 15 is 0 Å². The van der Waals surface area contributed by atoms with Crippen LogP contribution in [0.1, 0.15) is 24.8 Å². The third-order valence-corrected chi connectivity index (χ3v) is 5.61. The summed E-state index contributed by atoms with van der Waals surface area (Å²) in [4.78, 5) is 12.3. The number of amides is 1. The summed E-state index contributed by atoms with van der Waals surface area (Å²) in [6.45, 7) is 2.00. The quantitative estimate of drug-likeness (QED) is 0.874. The predicted molar refractivity (Wildman–Crippen MR) is 95.4 cm³/mol. The van der Waals surface area contributed by atoms with Gasteiger partial charge >= 0.3 is 0 Å². The Labute approximate surface area is 143 Å². The topological polar surface area (TPSA) is 66.5 Å². The van der Waals surface area contributed by atoms with E-state index in [0.29, 0.717) is 12.1 Å². The molecule has 24 heavy (non-hydrogen) atoms. The highest BCUT2D eigenvalue weighted by atomic mass is 32.2. The second-order valence-corrected chi connectivity index (χ2v) is 8.03. The molecular formula is C18H22N2O3S.